The average molecular weight is 403 g/mol. The van der Waals surface area contributed by atoms with Gasteiger partial charge in [0.15, 0.2) is 17.5 Å². The second-order valence-corrected chi connectivity index (χ2v) is 7.33. The van der Waals surface area contributed by atoms with Gasteiger partial charge >= 0.3 is 0 Å². The van der Waals surface area contributed by atoms with Crippen LogP contribution >= 0.6 is 0 Å². The highest BCUT2D eigenvalue weighted by Crippen LogP contribution is 2.21. The maximum atomic E-state index is 13.6. The largest absolute Gasteiger partial charge is 0.322 e. The molecule has 0 saturated heterocycles. The summed E-state index contributed by atoms with van der Waals surface area (Å²) in [4.78, 5) is 21.5. The van der Waals surface area contributed by atoms with Gasteiger partial charge in [-0.1, -0.05) is 6.07 Å². The van der Waals surface area contributed by atoms with Crippen molar-refractivity contribution in [1.29, 1.82) is 0 Å². The number of benzene rings is 2. The van der Waals surface area contributed by atoms with Gasteiger partial charge in [-0.2, -0.15) is 4.31 Å². The lowest BCUT2D eigenvalue weighted by molar-refractivity contribution is -0.385. The van der Waals surface area contributed by atoms with Crippen LogP contribution in [0.15, 0.2) is 41.3 Å². The Hall–Kier alpha value is -2.99. The number of hydrogen-bond acceptors (Lipinski definition) is 5. The number of hydrogen-bond donors (Lipinski definition) is 1. The minimum atomic E-state index is -4.27. The van der Waals surface area contributed by atoms with Gasteiger partial charge in [0.05, 0.1) is 22.1 Å². The van der Waals surface area contributed by atoms with Gasteiger partial charge in [-0.25, -0.2) is 21.6 Å². The summed E-state index contributed by atoms with van der Waals surface area (Å²) in [6.07, 6.45) is 0. The molecular formula is C15H12F3N3O5S. The number of halogens is 3. The van der Waals surface area contributed by atoms with Crippen LogP contribution in [0.4, 0.5) is 24.5 Å². The lowest BCUT2D eigenvalue weighted by atomic mass is 10.3. The molecular weight excluding hydrogens is 391 g/mol. The van der Waals surface area contributed by atoms with E-state index in [-0.39, 0.29) is 0 Å². The number of anilines is 1. The fourth-order valence-corrected chi connectivity index (χ4v) is 3.20. The Kier molecular flexibility index (Phi) is 5.81. The van der Waals surface area contributed by atoms with E-state index in [1.165, 1.54) is 0 Å². The molecule has 0 bridgehead atoms. The number of carbonyl (C=O) groups excluding carboxylic acids is 1. The molecule has 144 valence electrons. The highest BCUT2D eigenvalue weighted by molar-refractivity contribution is 7.89. The van der Waals surface area contributed by atoms with Gasteiger partial charge in [0.25, 0.3) is 5.69 Å². The zero-order valence-corrected chi connectivity index (χ0v) is 14.5. The third kappa shape index (κ3) is 4.41. The van der Waals surface area contributed by atoms with Gasteiger partial charge in [-0.3, -0.25) is 14.9 Å². The molecule has 0 aliphatic carbocycles. The van der Waals surface area contributed by atoms with Crippen molar-refractivity contribution < 1.29 is 31.3 Å². The highest BCUT2D eigenvalue weighted by atomic mass is 32.2. The molecule has 0 aliphatic heterocycles. The summed E-state index contributed by atoms with van der Waals surface area (Å²) in [6, 6.07) is 5.55. The zero-order valence-electron chi connectivity index (χ0n) is 13.6. The number of nitro benzene ring substituents is 1. The van der Waals surface area contributed by atoms with Crippen molar-refractivity contribution >= 4 is 27.3 Å². The van der Waals surface area contributed by atoms with Crippen LogP contribution in [-0.4, -0.2) is 37.1 Å². The molecule has 2 aromatic rings. The standard InChI is InChI=1S/C15H12F3N3O5S/c1-20(27(25,26)10-4-2-3-9(7-10)21(23)24)8-13(22)19-12-6-5-11(16)14(17)15(12)18/h2-7H,8H2,1H3,(H,19,22). The molecule has 0 aromatic heterocycles. The molecule has 2 aromatic carbocycles. The molecule has 8 nitrogen and oxygen atoms in total. The smallest absolute Gasteiger partial charge is 0.270 e. The first-order valence-corrected chi connectivity index (χ1v) is 8.62. The van der Waals surface area contributed by atoms with Crippen LogP contribution in [0.3, 0.4) is 0 Å². The third-order valence-corrected chi connectivity index (χ3v) is 5.21. The number of non-ortho nitro benzene ring substituents is 1. The fourth-order valence-electron chi connectivity index (χ4n) is 2.04. The molecule has 0 spiro atoms. The maximum absolute atomic E-state index is 13.6. The molecule has 0 fully saturated rings. The number of amides is 1. The van der Waals surface area contributed by atoms with Crippen molar-refractivity contribution in [3.8, 4) is 0 Å². The van der Waals surface area contributed by atoms with Crippen LogP contribution in [0.2, 0.25) is 0 Å². The summed E-state index contributed by atoms with van der Waals surface area (Å²) >= 11 is 0. The van der Waals surface area contributed by atoms with Gasteiger partial charge in [0, 0.05) is 19.2 Å². The van der Waals surface area contributed by atoms with E-state index in [0.29, 0.717) is 10.4 Å². The first kappa shape index (κ1) is 20.3. The van der Waals surface area contributed by atoms with E-state index in [1.807, 2.05) is 5.32 Å². The summed E-state index contributed by atoms with van der Waals surface area (Å²) in [5, 5.41) is 12.7. The number of sulfonamides is 1. The van der Waals surface area contributed by atoms with Crippen molar-refractivity contribution in [2.24, 2.45) is 0 Å². The lowest BCUT2D eigenvalue weighted by Gasteiger charge is -2.17. The lowest BCUT2D eigenvalue weighted by Crippen LogP contribution is -2.35. The van der Waals surface area contributed by atoms with Crippen molar-refractivity contribution in [3.63, 3.8) is 0 Å². The predicted molar refractivity (Wildman–Crippen MR) is 87.9 cm³/mol. The van der Waals surface area contributed by atoms with Crippen LogP contribution in [0.1, 0.15) is 0 Å². The highest BCUT2D eigenvalue weighted by Gasteiger charge is 2.25. The first-order chi connectivity index (χ1) is 12.5. The Labute approximate surface area is 151 Å². The molecule has 0 saturated carbocycles. The number of nitrogens with zero attached hydrogens (tertiary/aromatic N) is 2. The van der Waals surface area contributed by atoms with E-state index >= 15 is 0 Å². The Balaban J connectivity index is 2.17. The zero-order chi connectivity index (χ0) is 20.4. The molecule has 0 atom stereocenters. The van der Waals surface area contributed by atoms with E-state index in [9.17, 15) is 36.5 Å². The Morgan fingerprint density at radius 1 is 1.19 bits per heavy atom. The topological polar surface area (TPSA) is 110 Å². The summed E-state index contributed by atoms with van der Waals surface area (Å²) < 4.78 is 65.0. The predicted octanol–water partition coefficient (Wildman–Crippen LogP) is 2.27. The summed E-state index contributed by atoms with van der Waals surface area (Å²) in [7, 11) is -3.24. The molecule has 0 radical (unpaired) electrons. The number of carbonyl (C=O) groups is 1. The second-order valence-electron chi connectivity index (χ2n) is 5.29. The van der Waals surface area contributed by atoms with Crippen molar-refractivity contribution in [2.45, 2.75) is 4.90 Å². The average Bonchev–Trinajstić information content (AvgIpc) is 2.62. The quantitative estimate of drug-likeness (QED) is 0.452. The summed E-state index contributed by atoms with van der Waals surface area (Å²) in [5.41, 5.74) is -1.13. The van der Waals surface area contributed by atoms with E-state index in [4.69, 9.17) is 0 Å². The Bertz CT molecular complexity index is 1010. The van der Waals surface area contributed by atoms with E-state index in [2.05, 4.69) is 0 Å². The number of rotatable bonds is 6. The maximum Gasteiger partial charge on any atom is 0.270 e. The van der Waals surface area contributed by atoms with Gasteiger partial charge in [-0.05, 0) is 18.2 Å². The van der Waals surface area contributed by atoms with Gasteiger partial charge < -0.3 is 5.32 Å². The molecule has 2 rings (SSSR count). The van der Waals surface area contributed by atoms with Gasteiger partial charge in [0.2, 0.25) is 15.9 Å². The van der Waals surface area contributed by atoms with Crippen molar-refractivity contribution in [2.75, 3.05) is 18.9 Å². The van der Waals surface area contributed by atoms with Gasteiger partial charge in [-0.15, -0.1) is 0 Å². The van der Waals surface area contributed by atoms with E-state index in [0.717, 1.165) is 37.4 Å². The first-order valence-electron chi connectivity index (χ1n) is 7.18. The van der Waals surface area contributed by atoms with Crippen LogP contribution in [-0.2, 0) is 14.8 Å². The van der Waals surface area contributed by atoms with Crippen molar-refractivity contribution in [3.05, 3.63) is 64.0 Å². The van der Waals surface area contributed by atoms with Crippen LogP contribution in [0.5, 0.6) is 0 Å². The van der Waals surface area contributed by atoms with E-state index in [1.54, 1.807) is 0 Å². The minimum absolute atomic E-state index is 0.425. The van der Waals surface area contributed by atoms with Crippen LogP contribution in [0, 0.1) is 27.6 Å². The van der Waals surface area contributed by atoms with Crippen molar-refractivity contribution in [1.82, 2.24) is 4.31 Å². The second kappa shape index (κ2) is 7.72. The monoisotopic (exact) mass is 403 g/mol. The molecule has 1 amide bonds. The number of nitrogens with one attached hydrogen (secondary N) is 1. The summed E-state index contributed by atoms with van der Waals surface area (Å²) in [5.74, 6) is -5.90. The SMILES string of the molecule is CN(CC(=O)Nc1ccc(F)c(F)c1F)S(=O)(=O)c1cccc([N+](=O)[O-])c1. The minimum Gasteiger partial charge on any atom is -0.322 e. The normalized spacial score (nSPS) is 11.4. The number of nitro groups is 1. The van der Waals surface area contributed by atoms with Crippen LogP contribution < -0.4 is 5.32 Å². The molecule has 0 unspecified atom stereocenters. The van der Waals surface area contributed by atoms with Gasteiger partial charge in [0.1, 0.15) is 0 Å². The number of likely N-dealkylation sites (N-methyl/N-ethyl adjacent to an activating group) is 1. The Morgan fingerprint density at radius 2 is 1.85 bits per heavy atom. The molecule has 1 N–H and O–H groups in total. The molecule has 12 heteroatoms. The third-order valence-electron chi connectivity index (χ3n) is 3.41. The van der Waals surface area contributed by atoms with E-state index < -0.39 is 61.1 Å². The Morgan fingerprint density at radius 3 is 2.48 bits per heavy atom. The molecule has 0 heterocycles. The molecule has 27 heavy (non-hydrogen) atoms. The van der Waals surface area contributed by atoms with Crippen LogP contribution in [0.25, 0.3) is 0 Å². The molecule has 0 aliphatic rings. The fraction of sp³-hybridized carbons (Fsp3) is 0.133. The summed E-state index contributed by atoms with van der Waals surface area (Å²) in [6.45, 7) is -0.802.